The smallest absolute Gasteiger partial charge is 0.0250 e. The van der Waals surface area contributed by atoms with Crippen molar-refractivity contribution in [1.82, 2.24) is 5.32 Å². The highest BCUT2D eigenvalue weighted by atomic mass is 15.0. The Kier molecular flexibility index (Phi) is 3.54. The summed E-state index contributed by atoms with van der Waals surface area (Å²) in [5.74, 6) is 0. The van der Waals surface area contributed by atoms with Crippen molar-refractivity contribution in [2.24, 2.45) is 0 Å². The van der Waals surface area contributed by atoms with Gasteiger partial charge in [0.15, 0.2) is 0 Å². The normalized spacial score (nSPS) is 21.7. The molecule has 12 heavy (non-hydrogen) atoms. The Bertz CT molecular complexity index is 142. The van der Waals surface area contributed by atoms with E-state index in [0.29, 0.717) is 5.54 Å². The number of nitrogens with one attached hydrogen (secondary N) is 1. The maximum Gasteiger partial charge on any atom is 0.0250 e. The first kappa shape index (κ1) is 9.53. The fourth-order valence-corrected chi connectivity index (χ4v) is 2.01. The van der Waals surface area contributed by atoms with E-state index >= 15 is 0 Å². The van der Waals surface area contributed by atoms with Gasteiger partial charge in [0.2, 0.25) is 0 Å². The molecule has 1 aliphatic heterocycles. The molecule has 1 saturated heterocycles. The molecule has 1 N–H and O–H groups in total. The van der Waals surface area contributed by atoms with Gasteiger partial charge in [0, 0.05) is 5.54 Å². The summed E-state index contributed by atoms with van der Waals surface area (Å²) in [5.41, 5.74) is 0.293. The van der Waals surface area contributed by atoms with E-state index in [2.05, 4.69) is 18.5 Å². The quantitative estimate of drug-likeness (QED) is 0.631. The molecule has 1 fully saturated rings. The van der Waals surface area contributed by atoms with Gasteiger partial charge in [-0.3, -0.25) is 0 Å². The Hall–Kier alpha value is -0.560. The van der Waals surface area contributed by atoms with Crippen LogP contribution in [0.5, 0.6) is 0 Å². The summed E-state index contributed by atoms with van der Waals surface area (Å²) in [6.07, 6.45) is 10.1. The highest BCUT2D eigenvalue weighted by molar-refractivity contribution is 4.99. The van der Waals surface area contributed by atoms with Gasteiger partial charge in [-0.1, -0.05) is 18.6 Å². The van der Waals surface area contributed by atoms with E-state index in [1.165, 1.54) is 19.3 Å². The lowest BCUT2D eigenvalue weighted by atomic mass is 9.83. The van der Waals surface area contributed by atoms with Crippen LogP contribution in [-0.4, -0.2) is 12.1 Å². The van der Waals surface area contributed by atoms with Crippen molar-refractivity contribution in [2.75, 3.05) is 6.54 Å². The molecule has 0 amide bonds. The summed E-state index contributed by atoms with van der Waals surface area (Å²) in [4.78, 5) is 0. The first-order valence-corrected chi connectivity index (χ1v) is 4.80. The van der Waals surface area contributed by atoms with Gasteiger partial charge in [-0.15, -0.1) is 13.2 Å². The van der Waals surface area contributed by atoms with Gasteiger partial charge < -0.3 is 5.32 Å². The van der Waals surface area contributed by atoms with E-state index in [4.69, 9.17) is 0 Å². The monoisotopic (exact) mass is 165 g/mol. The van der Waals surface area contributed by atoms with E-state index < -0.39 is 0 Å². The highest BCUT2D eigenvalue weighted by Gasteiger charge is 2.28. The lowest BCUT2D eigenvalue weighted by Crippen LogP contribution is -2.47. The molecular formula is C11H19N. The average Bonchev–Trinajstić information content (AvgIpc) is 2.07. The Morgan fingerprint density at radius 2 is 1.83 bits per heavy atom. The summed E-state index contributed by atoms with van der Waals surface area (Å²) >= 11 is 0. The Morgan fingerprint density at radius 3 is 2.25 bits per heavy atom. The third-order valence-electron chi connectivity index (χ3n) is 2.65. The van der Waals surface area contributed by atoms with E-state index in [0.717, 1.165) is 19.4 Å². The zero-order chi connectivity index (χ0) is 8.86. The number of rotatable bonds is 4. The molecule has 1 nitrogen and oxygen atoms in total. The molecule has 0 atom stereocenters. The second kappa shape index (κ2) is 4.46. The summed E-state index contributed by atoms with van der Waals surface area (Å²) in [5, 5.41) is 3.59. The Balaban J connectivity index is 2.55. The van der Waals surface area contributed by atoms with Crippen LogP contribution in [0.3, 0.4) is 0 Å². The number of hydrogen-bond donors (Lipinski definition) is 1. The fraction of sp³-hybridized carbons (Fsp3) is 0.636. The summed E-state index contributed by atoms with van der Waals surface area (Å²) < 4.78 is 0. The third kappa shape index (κ3) is 2.21. The van der Waals surface area contributed by atoms with Crippen LogP contribution in [-0.2, 0) is 0 Å². The third-order valence-corrected chi connectivity index (χ3v) is 2.65. The van der Waals surface area contributed by atoms with Crippen LogP contribution in [0.4, 0.5) is 0 Å². The van der Waals surface area contributed by atoms with Crippen molar-refractivity contribution in [1.29, 1.82) is 0 Å². The largest absolute Gasteiger partial charge is 0.311 e. The molecular weight excluding hydrogens is 146 g/mol. The molecule has 0 aromatic heterocycles. The number of hydrogen-bond acceptors (Lipinski definition) is 1. The minimum atomic E-state index is 0.293. The molecule has 0 bridgehead atoms. The topological polar surface area (TPSA) is 12.0 Å². The molecule has 1 rings (SSSR count). The molecule has 0 aromatic rings. The Labute approximate surface area is 75.6 Å². The molecule has 0 aliphatic carbocycles. The van der Waals surface area contributed by atoms with Crippen LogP contribution < -0.4 is 5.32 Å². The first-order chi connectivity index (χ1) is 5.83. The molecule has 0 unspecified atom stereocenters. The minimum absolute atomic E-state index is 0.293. The molecule has 0 spiro atoms. The first-order valence-electron chi connectivity index (χ1n) is 4.80. The van der Waals surface area contributed by atoms with E-state index in [1.54, 1.807) is 0 Å². The predicted molar refractivity (Wildman–Crippen MR) is 54.2 cm³/mol. The van der Waals surface area contributed by atoms with E-state index in [1.807, 2.05) is 12.2 Å². The second-order valence-electron chi connectivity index (χ2n) is 3.65. The lowest BCUT2D eigenvalue weighted by molar-refractivity contribution is 0.258. The molecule has 0 saturated carbocycles. The predicted octanol–water partition coefficient (Wildman–Crippen LogP) is 2.65. The minimum Gasteiger partial charge on any atom is -0.311 e. The lowest BCUT2D eigenvalue weighted by Gasteiger charge is -2.37. The SMILES string of the molecule is C=CCC1(CC=C)CCCCN1. The Morgan fingerprint density at radius 1 is 1.17 bits per heavy atom. The van der Waals surface area contributed by atoms with Crippen LogP contribution in [0.25, 0.3) is 0 Å². The van der Waals surface area contributed by atoms with Gasteiger partial charge in [0.25, 0.3) is 0 Å². The zero-order valence-electron chi connectivity index (χ0n) is 7.81. The highest BCUT2D eigenvalue weighted by Crippen LogP contribution is 2.26. The summed E-state index contributed by atoms with van der Waals surface area (Å²) in [7, 11) is 0. The molecule has 0 aromatic carbocycles. The van der Waals surface area contributed by atoms with Crippen molar-refractivity contribution in [3.8, 4) is 0 Å². The van der Waals surface area contributed by atoms with Crippen molar-refractivity contribution >= 4 is 0 Å². The zero-order valence-corrected chi connectivity index (χ0v) is 7.81. The summed E-state index contributed by atoms with van der Waals surface area (Å²) in [6, 6.07) is 0. The van der Waals surface area contributed by atoms with Crippen LogP contribution in [0.1, 0.15) is 32.1 Å². The van der Waals surface area contributed by atoms with Crippen LogP contribution in [0, 0.1) is 0 Å². The van der Waals surface area contributed by atoms with Gasteiger partial charge in [-0.25, -0.2) is 0 Å². The average molecular weight is 165 g/mol. The van der Waals surface area contributed by atoms with Gasteiger partial charge in [0.05, 0.1) is 0 Å². The van der Waals surface area contributed by atoms with Gasteiger partial charge in [0.1, 0.15) is 0 Å². The molecule has 1 heterocycles. The summed E-state index contributed by atoms with van der Waals surface area (Å²) in [6.45, 7) is 8.77. The van der Waals surface area contributed by atoms with E-state index in [-0.39, 0.29) is 0 Å². The van der Waals surface area contributed by atoms with Crippen LogP contribution in [0.15, 0.2) is 25.3 Å². The van der Waals surface area contributed by atoms with Crippen molar-refractivity contribution in [3.05, 3.63) is 25.3 Å². The molecule has 0 radical (unpaired) electrons. The van der Waals surface area contributed by atoms with Crippen molar-refractivity contribution in [2.45, 2.75) is 37.6 Å². The standard InChI is InChI=1S/C11H19N/c1-3-7-11(8-4-2)9-5-6-10-12-11/h3-4,12H,1-2,5-10H2. The fourth-order valence-electron chi connectivity index (χ4n) is 2.01. The van der Waals surface area contributed by atoms with Gasteiger partial charge in [-0.2, -0.15) is 0 Å². The maximum absolute atomic E-state index is 3.81. The van der Waals surface area contributed by atoms with Crippen molar-refractivity contribution in [3.63, 3.8) is 0 Å². The van der Waals surface area contributed by atoms with Crippen LogP contribution >= 0.6 is 0 Å². The molecule has 1 heteroatoms. The van der Waals surface area contributed by atoms with Gasteiger partial charge in [-0.05, 0) is 32.2 Å². The van der Waals surface area contributed by atoms with Crippen LogP contribution in [0.2, 0.25) is 0 Å². The van der Waals surface area contributed by atoms with Gasteiger partial charge >= 0.3 is 0 Å². The second-order valence-corrected chi connectivity index (χ2v) is 3.65. The van der Waals surface area contributed by atoms with E-state index in [9.17, 15) is 0 Å². The maximum atomic E-state index is 3.81. The van der Waals surface area contributed by atoms with Crippen molar-refractivity contribution < 1.29 is 0 Å². The molecule has 1 aliphatic rings. The number of piperidine rings is 1. The molecule has 68 valence electrons.